The van der Waals surface area contributed by atoms with Crippen LogP contribution in [0.2, 0.25) is 0 Å². The Morgan fingerprint density at radius 1 is 0.912 bits per heavy atom. The molecule has 6 nitrogen and oxygen atoms in total. The number of fused-ring (bicyclic) bond motifs is 3. The lowest BCUT2D eigenvalue weighted by molar-refractivity contribution is 0.225. The highest BCUT2D eigenvalue weighted by Gasteiger charge is 2.26. The molecule has 0 aliphatic carbocycles. The van der Waals surface area contributed by atoms with Crippen LogP contribution in [0.4, 0.5) is 11.4 Å². The van der Waals surface area contributed by atoms with Crippen molar-refractivity contribution in [1.29, 1.82) is 0 Å². The minimum atomic E-state index is -0.392. The molecule has 1 atom stereocenters. The van der Waals surface area contributed by atoms with E-state index in [2.05, 4.69) is 93.8 Å². The Bertz CT molecular complexity index is 1250. The van der Waals surface area contributed by atoms with Crippen LogP contribution in [0.1, 0.15) is 31.2 Å². The van der Waals surface area contributed by atoms with Crippen LogP contribution in [-0.2, 0) is 6.54 Å². The van der Waals surface area contributed by atoms with Gasteiger partial charge in [0.15, 0.2) is 11.9 Å². The Hall–Kier alpha value is -3.58. The molecule has 0 fully saturated rings. The van der Waals surface area contributed by atoms with Crippen molar-refractivity contribution in [1.82, 2.24) is 15.2 Å². The number of ether oxygens (including phenoxy) is 1. The molecule has 3 aromatic carbocycles. The molecule has 0 amide bonds. The molecule has 34 heavy (non-hydrogen) atoms. The van der Waals surface area contributed by atoms with Crippen molar-refractivity contribution in [2.24, 2.45) is 0 Å². The number of rotatable bonds is 7. The highest BCUT2D eigenvalue weighted by molar-refractivity contribution is 7.99. The number of nitrogens with one attached hydrogen (secondary N) is 1. The van der Waals surface area contributed by atoms with E-state index in [-0.39, 0.29) is 0 Å². The first-order valence-electron chi connectivity index (χ1n) is 11.5. The quantitative estimate of drug-likeness (QED) is 0.324. The SMILES string of the molecule is CCSc1nnc2c(n1)O[C@@H](c1ccc(N(CC)Cc3ccccc3)cc1)Nc1ccccc1-2. The molecule has 1 N–H and O–H groups in total. The molecule has 1 aliphatic rings. The van der Waals surface area contributed by atoms with Gasteiger partial charge in [0.2, 0.25) is 11.0 Å². The first kappa shape index (κ1) is 22.2. The minimum absolute atomic E-state index is 0.392. The maximum absolute atomic E-state index is 6.38. The fraction of sp³-hybridized carbons (Fsp3) is 0.222. The summed E-state index contributed by atoms with van der Waals surface area (Å²) in [5, 5.41) is 12.9. The van der Waals surface area contributed by atoms with E-state index in [1.165, 1.54) is 11.3 Å². The van der Waals surface area contributed by atoms with Crippen LogP contribution >= 0.6 is 11.8 Å². The predicted molar refractivity (Wildman–Crippen MR) is 138 cm³/mol. The molecule has 0 bridgehead atoms. The number of thioether (sulfide) groups is 1. The topological polar surface area (TPSA) is 63.2 Å². The summed E-state index contributed by atoms with van der Waals surface area (Å²) in [5.74, 6) is 1.37. The summed E-state index contributed by atoms with van der Waals surface area (Å²) in [5.41, 5.74) is 6.03. The average molecular weight is 470 g/mol. The smallest absolute Gasteiger partial charge is 0.247 e. The molecule has 0 saturated carbocycles. The number of para-hydroxylation sites is 1. The lowest BCUT2D eigenvalue weighted by Gasteiger charge is -2.25. The highest BCUT2D eigenvalue weighted by atomic mass is 32.2. The molecular weight excluding hydrogens is 442 g/mol. The number of anilines is 2. The summed E-state index contributed by atoms with van der Waals surface area (Å²) in [6, 6.07) is 27.1. The minimum Gasteiger partial charge on any atom is -0.448 e. The second-order valence-electron chi connectivity index (χ2n) is 7.96. The predicted octanol–water partition coefficient (Wildman–Crippen LogP) is 6.18. The lowest BCUT2D eigenvalue weighted by Crippen LogP contribution is -2.22. The Morgan fingerprint density at radius 3 is 2.44 bits per heavy atom. The number of benzene rings is 3. The maximum atomic E-state index is 6.38. The molecule has 1 aliphatic heterocycles. The van der Waals surface area contributed by atoms with E-state index in [0.29, 0.717) is 16.7 Å². The number of nitrogens with zero attached hydrogens (tertiary/aromatic N) is 4. The molecule has 0 saturated heterocycles. The van der Waals surface area contributed by atoms with Crippen LogP contribution in [-0.4, -0.2) is 27.5 Å². The third kappa shape index (κ3) is 4.70. The number of hydrogen-bond acceptors (Lipinski definition) is 7. The monoisotopic (exact) mass is 469 g/mol. The fourth-order valence-electron chi connectivity index (χ4n) is 4.04. The highest BCUT2D eigenvalue weighted by Crippen LogP contribution is 2.39. The normalized spacial score (nSPS) is 14.2. The van der Waals surface area contributed by atoms with Crippen LogP contribution in [0.25, 0.3) is 11.3 Å². The van der Waals surface area contributed by atoms with Crippen molar-refractivity contribution in [3.05, 3.63) is 90.0 Å². The fourth-order valence-corrected chi connectivity index (χ4v) is 4.54. The first-order valence-corrected chi connectivity index (χ1v) is 12.5. The van der Waals surface area contributed by atoms with E-state index in [1.807, 2.05) is 24.3 Å². The molecule has 172 valence electrons. The second kappa shape index (κ2) is 10.1. The van der Waals surface area contributed by atoms with E-state index in [9.17, 15) is 0 Å². The maximum Gasteiger partial charge on any atom is 0.247 e. The molecule has 4 aromatic rings. The van der Waals surface area contributed by atoms with Gasteiger partial charge in [-0.3, -0.25) is 0 Å². The largest absolute Gasteiger partial charge is 0.448 e. The average Bonchev–Trinajstić information content (AvgIpc) is 3.05. The standard InChI is InChI=1S/C27H27N5OS/c1-3-32(18-19-10-6-5-7-11-19)21-16-14-20(15-17-21)25-28-23-13-9-8-12-22(23)24-26(33-25)29-27(31-30-24)34-4-2/h5-17,25,28H,3-4,18H2,1-2H3/t25-/m0/s1. The van der Waals surface area contributed by atoms with Gasteiger partial charge in [-0.15, -0.1) is 10.2 Å². The van der Waals surface area contributed by atoms with Crippen LogP contribution < -0.4 is 15.0 Å². The zero-order valence-electron chi connectivity index (χ0n) is 19.3. The first-order chi connectivity index (χ1) is 16.7. The summed E-state index contributed by atoms with van der Waals surface area (Å²) in [6.07, 6.45) is -0.392. The van der Waals surface area contributed by atoms with Crippen molar-refractivity contribution >= 4 is 23.1 Å². The summed E-state index contributed by atoms with van der Waals surface area (Å²) < 4.78 is 6.38. The molecule has 5 rings (SSSR count). The van der Waals surface area contributed by atoms with Gasteiger partial charge in [0.25, 0.3) is 0 Å². The van der Waals surface area contributed by atoms with E-state index < -0.39 is 6.23 Å². The third-order valence-corrected chi connectivity index (χ3v) is 6.49. The lowest BCUT2D eigenvalue weighted by atomic mass is 10.1. The zero-order chi connectivity index (χ0) is 23.3. The van der Waals surface area contributed by atoms with Gasteiger partial charge in [-0.05, 0) is 36.4 Å². The Balaban J connectivity index is 1.44. The van der Waals surface area contributed by atoms with Gasteiger partial charge in [0.1, 0.15) is 0 Å². The van der Waals surface area contributed by atoms with E-state index in [4.69, 9.17) is 4.74 Å². The molecule has 0 spiro atoms. The van der Waals surface area contributed by atoms with Crippen molar-refractivity contribution < 1.29 is 4.74 Å². The van der Waals surface area contributed by atoms with Gasteiger partial charge < -0.3 is 15.0 Å². The third-order valence-electron chi connectivity index (χ3n) is 5.77. The molecule has 0 radical (unpaired) electrons. The van der Waals surface area contributed by atoms with Crippen molar-refractivity contribution in [3.8, 4) is 17.1 Å². The van der Waals surface area contributed by atoms with Gasteiger partial charge >= 0.3 is 0 Å². The molecule has 0 unspecified atom stereocenters. The van der Waals surface area contributed by atoms with Gasteiger partial charge in [-0.2, -0.15) is 4.98 Å². The van der Waals surface area contributed by atoms with Crippen molar-refractivity contribution in [3.63, 3.8) is 0 Å². The van der Waals surface area contributed by atoms with Crippen LogP contribution in [0.5, 0.6) is 5.88 Å². The zero-order valence-corrected chi connectivity index (χ0v) is 20.1. The molecule has 7 heteroatoms. The Labute approximate surface area is 204 Å². The summed E-state index contributed by atoms with van der Waals surface area (Å²) >= 11 is 1.55. The van der Waals surface area contributed by atoms with Crippen LogP contribution in [0, 0.1) is 0 Å². The van der Waals surface area contributed by atoms with E-state index in [1.54, 1.807) is 11.8 Å². The Morgan fingerprint density at radius 2 is 1.68 bits per heavy atom. The molecular formula is C27H27N5OS. The number of aromatic nitrogens is 3. The van der Waals surface area contributed by atoms with Gasteiger partial charge in [0.05, 0.1) is 0 Å². The number of hydrogen-bond donors (Lipinski definition) is 1. The van der Waals surface area contributed by atoms with Crippen LogP contribution in [0.15, 0.2) is 84.0 Å². The second-order valence-corrected chi connectivity index (χ2v) is 9.19. The van der Waals surface area contributed by atoms with Gasteiger partial charge in [-0.25, -0.2) is 0 Å². The molecule has 2 heterocycles. The van der Waals surface area contributed by atoms with Crippen molar-refractivity contribution in [2.45, 2.75) is 31.8 Å². The van der Waals surface area contributed by atoms with Gasteiger partial charge in [-0.1, -0.05) is 79.3 Å². The summed E-state index contributed by atoms with van der Waals surface area (Å²) in [6.45, 7) is 6.04. The van der Waals surface area contributed by atoms with E-state index >= 15 is 0 Å². The van der Waals surface area contributed by atoms with E-state index in [0.717, 1.165) is 35.7 Å². The summed E-state index contributed by atoms with van der Waals surface area (Å²) in [4.78, 5) is 7.02. The van der Waals surface area contributed by atoms with Gasteiger partial charge in [0, 0.05) is 35.6 Å². The van der Waals surface area contributed by atoms with Crippen LogP contribution in [0.3, 0.4) is 0 Å². The summed E-state index contributed by atoms with van der Waals surface area (Å²) in [7, 11) is 0. The molecule has 1 aromatic heterocycles. The van der Waals surface area contributed by atoms with Crippen molar-refractivity contribution in [2.75, 3.05) is 22.5 Å². The Kier molecular flexibility index (Phi) is 6.62.